The van der Waals surface area contributed by atoms with Gasteiger partial charge in [-0.3, -0.25) is 4.79 Å². The van der Waals surface area contributed by atoms with Crippen molar-refractivity contribution >= 4 is 11.6 Å². The smallest absolute Gasteiger partial charge is 0.217 e. The molecular formula is C14H20N2O. The first-order chi connectivity index (χ1) is 8.16. The minimum atomic E-state index is 0.0827. The second kappa shape index (κ2) is 5.21. The molecule has 17 heavy (non-hydrogen) atoms. The molecule has 1 amide bonds. The number of piperidine rings is 1. The molecule has 0 unspecified atom stereocenters. The maximum absolute atomic E-state index is 11.0. The lowest BCUT2D eigenvalue weighted by Gasteiger charge is -2.34. The number of amides is 1. The molecule has 1 aliphatic heterocycles. The molecule has 0 spiro atoms. The molecule has 3 nitrogen and oxygen atoms in total. The molecule has 0 radical (unpaired) electrons. The third-order valence-corrected chi connectivity index (χ3v) is 3.36. The third kappa shape index (κ3) is 2.99. The quantitative estimate of drug-likeness (QED) is 0.847. The largest absolute Gasteiger partial charge is 0.371 e. The van der Waals surface area contributed by atoms with Gasteiger partial charge in [-0.05, 0) is 31.4 Å². The van der Waals surface area contributed by atoms with Crippen LogP contribution in [-0.2, 0) is 4.79 Å². The van der Waals surface area contributed by atoms with E-state index in [0.29, 0.717) is 6.04 Å². The maximum atomic E-state index is 11.0. The zero-order valence-electron chi connectivity index (χ0n) is 10.6. The van der Waals surface area contributed by atoms with Crippen LogP contribution >= 0.6 is 0 Å². The molecule has 1 fully saturated rings. The molecule has 1 N–H and O–H groups in total. The van der Waals surface area contributed by atoms with Gasteiger partial charge in [0.25, 0.3) is 0 Å². The van der Waals surface area contributed by atoms with Gasteiger partial charge < -0.3 is 10.2 Å². The van der Waals surface area contributed by atoms with Gasteiger partial charge in [0.15, 0.2) is 0 Å². The van der Waals surface area contributed by atoms with E-state index in [1.54, 1.807) is 6.92 Å². The Morgan fingerprint density at radius 3 is 2.53 bits per heavy atom. The average molecular weight is 232 g/mol. The Labute approximate surface area is 103 Å². The Balaban J connectivity index is 1.95. The number of rotatable bonds is 2. The number of hydrogen-bond acceptors (Lipinski definition) is 2. The Bertz CT molecular complexity index is 395. The van der Waals surface area contributed by atoms with Gasteiger partial charge in [-0.1, -0.05) is 18.2 Å². The highest BCUT2D eigenvalue weighted by atomic mass is 16.1. The first kappa shape index (κ1) is 12.0. The van der Waals surface area contributed by atoms with Gasteiger partial charge in [-0.25, -0.2) is 0 Å². The van der Waals surface area contributed by atoms with Crippen molar-refractivity contribution in [1.82, 2.24) is 5.32 Å². The monoisotopic (exact) mass is 232 g/mol. The molecule has 0 atom stereocenters. The van der Waals surface area contributed by atoms with Crippen LogP contribution in [0.3, 0.4) is 0 Å². The highest BCUT2D eigenvalue weighted by Gasteiger charge is 2.20. The Kier molecular flexibility index (Phi) is 3.67. The van der Waals surface area contributed by atoms with Crippen LogP contribution in [0.15, 0.2) is 24.3 Å². The van der Waals surface area contributed by atoms with Crippen LogP contribution in [0.1, 0.15) is 25.3 Å². The highest BCUT2D eigenvalue weighted by molar-refractivity contribution is 5.73. The summed E-state index contributed by atoms with van der Waals surface area (Å²) in [5, 5.41) is 3.00. The van der Waals surface area contributed by atoms with E-state index in [1.807, 2.05) is 0 Å². The van der Waals surface area contributed by atoms with Gasteiger partial charge >= 0.3 is 0 Å². The van der Waals surface area contributed by atoms with Crippen LogP contribution < -0.4 is 10.2 Å². The van der Waals surface area contributed by atoms with Gasteiger partial charge in [0.05, 0.1) is 0 Å². The number of benzene rings is 1. The van der Waals surface area contributed by atoms with Gasteiger partial charge in [0, 0.05) is 31.7 Å². The number of carbonyl (C=O) groups excluding carboxylic acids is 1. The lowest BCUT2D eigenvalue weighted by Crippen LogP contribution is -2.44. The molecule has 0 aromatic heterocycles. The summed E-state index contributed by atoms with van der Waals surface area (Å²) in [5.74, 6) is 0.0827. The second-order valence-corrected chi connectivity index (χ2v) is 4.75. The van der Waals surface area contributed by atoms with E-state index in [-0.39, 0.29) is 5.91 Å². The Morgan fingerprint density at radius 1 is 1.29 bits per heavy atom. The molecule has 92 valence electrons. The Hall–Kier alpha value is -1.51. The molecule has 2 rings (SSSR count). The van der Waals surface area contributed by atoms with Crippen LogP contribution in [0.2, 0.25) is 0 Å². The van der Waals surface area contributed by atoms with E-state index < -0.39 is 0 Å². The first-order valence-corrected chi connectivity index (χ1v) is 6.24. The molecule has 0 aliphatic carbocycles. The molecular weight excluding hydrogens is 212 g/mol. The second-order valence-electron chi connectivity index (χ2n) is 4.75. The van der Waals surface area contributed by atoms with Crippen molar-refractivity contribution in [3.05, 3.63) is 29.8 Å². The summed E-state index contributed by atoms with van der Waals surface area (Å²) in [6.45, 7) is 5.79. The Morgan fingerprint density at radius 2 is 1.94 bits per heavy atom. The lowest BCUT2D eigenvalue weighted by atomic mass is 10.0. The molecule has 1 aromatic carbocycles. The molecule has 1 aliphatic rings. The lowest BCUT2D eigenvalue weighted by molar-refractivity contribution is -0.119. The van der Waals surface area contributed by atoms with E-state index in [2.05, 4.69) is 41.4 Å². The summed E-state index contributed by atoms with van der Waals surface area (Å²) in [6.07, 6.45) is 2.07. The summed E-state index contributed by atoms with van der Waals surface area (Å²) in [6, 6.07) is 8.84. The standard InChI is InChI=1S/C14H20N2O/c1-11-5-3-4-6-14(11)16-9-7-13(8-10-16)15-12(2)17/h3-6,13H,7-10H2,1-2H3,(H,15,17). The fraction of sp³-hybridized carbons (Fsp3) is 0.500. The molecule has 0 saturated carbocycles. The van der Waals surface area contributed by atoms with E-state index in [1.165, 1.54) is 11.3 Å². The number of anilines is 1. The van der Waals surface area contributed by atoms with Gasteiger partial charge in [0.1, 0.15) is 0 Å². The van der Waals surface area contributed by atoms with Gasteiger partial charge in [-0.2, -0.15) is 0 Å². The predicted molar refractivity (Wildman–Crippen MR) is 70.2 cm³/mol. The first-order valence-electron chi connectivity index (χ1n) is 6.24. The highest BCUT2D eigenvalue weighted by Crippen LogP contribution is 2.23. The van der Waals surface area contributed by atoms with E-state index in [4.69, 9.17) is 0 Å². The fourth-order valence-electron chi connectivity index (χ4n) is 2.47. The van der Waals surface area contributed by atoms with Crippen LogP contribution in [-0.4, -0.2) is 25.0 Å². The number of nitrogens with one attached hydrogen (secondary N) is 1. The van der Waals surface area contributed by atoms with Crippen LogP contribution in [0, 0.1) is 6.92 Å². The van der Waals surface area contributed by atoms with Crippen molar-refractivity contribution in [2.24, 2.45) is 0 Å². The van der Waals surface area contributed by atoms with E-state index in [9.17, 15) is 4.79 Å². The number of hydrogen-bond donors (Lipinski definition) is 1. The molecule has 3 heteroatoms. The number of carbonyl (C=O) groups is 1. The van der Waals surface area contributed by atoms with Crippen molar-refractivity contribution in [2.75, 3.05) is 18.0 Å². The normalized spacial score (nSPS) is 16.9. The summed E-state index contributed by atoms with van der Waals surface area (Å²) >= 11 is 0. The average Bonchev–Trinajstić information content (AvgIpc) is 2.30. The molecule has 0 bridgehead atoms. The van der Waals surface area contributed by atoms with Crippen LogP contribution in [0.5, 0.6) is 0 Å². The summed E-state index contributed by atoms with van der Waals surface area (Å²) < 4.78 is 0. The fourth-order valence-corrected chi connectivity index (χ4v) is 2.47. The van der Waals surface area contributed by atoms with Gasteiger partial charge in [-0.15, -0.1) is 0 Å². The zero-order chi connectivity index (χ0) is 12.3. The third-order valence-electron chi connectivity index (χ3n) is 3.36. The van der Waals surface area contributed by atoms with Crippen molar-refractivity contribution < 1.29 is 4.79 Å². The van der Waals surface area contributed by atoms with Crippen molar-refractivity contribution in [3.8, 4) is 0 Å². The summed E-state index contributed by atoms with van der Waals surface area (Å²) in [5.41, 5.74) is 2.65. The number of para-hydroxylation sites is 1. The molecule has 1 saturated heterocycles. The number of aryl methyl sites for hydroxylation is 1. The number of nitrogens with zero attached hydrogens (tertiary/aromatic N) is 1. The maximum Gasteiger partial charge on any atom is 0.217 e. The van der Waals surface area contributed by atoms with Crippen molar-refractivity contribution in [3.63, 3.8) is 0 Å². The zero-order valence-corrected chi connectivity index (χ0v) is 10.6. The summed E-state index contributed by atoms with van der Waals surface area (Å²) in [4.78, 5) is 13.4. The summed E-state index contributed by atoms with van der Waals surface area (Å²) in [7, 11) is 0. The molecule has 1 heterocycles. The van der Waals surface area contributed by atoms with Crippen LogP contribution in [0.4, 0.5) is 5.69 Å². The topological polar surface area (TPSA) is 32.3 Å². The van der Waals surface area contributed by atoms with Gasteiger partial charge in [0.2, 0.25) is 5.91 Å². The van der Waals surface area contributed by atoms with Crippen molar-refractivity contribution in [1.29, 1.82) is 0 Å². The minimum absolute atomic E-state index is 0.0827. The SMILES string of the molecule is CC(=O)NC1CCN(c2ccccc2C)CC1. The van der Waals surface area contributed by atoms with E-state index in [0.717, 1.165) is 25.9 Å². The predicted octanol–water partition coefficient (Wildman–Crippen LogP) is 2.10. The minimum Gasteiger partial charge on any atom is -0.371 e. The van der Waals surface area contributed by atoms with Crippen LogP contribution in [0.25, 0.3) is 0 Å². The van der Waals surface area contributed by atoms with Crippen molar-refractivity contribution in [2.45, 2.75) is 32.7 Å². The molecule has 1 aromatic rings. The van der Waals surface area contributed by atoms with E-state index >= 15 is 0 Å².